The first-order valence-electron chi connectivity index (χ1n) is 16.1. The van der Waals surface area contributed by atoms with Crippen LogP contribution in [0.4, 0.5) is 5.95 Å². The minimum Gasteiger partial charge on any atom is -0.339 e. The number of hydrogen-bond donors (Lipinski definition) is 1. The van der Waals surface area contributed by atoms with Crippen molar-refractivity contribution < 1.29 is 4.21 Å². The fourth-order valence-electron chi connectivity index (χ4n) is 6.46. The Morgan fingerprint density at radius 3 is 2.36 bits per heavy atom. The Morgan fingerprint density at radius 1 is 0.809 bits per heavy atom. The Balaban J connectivity index is 0.992. The molecule has 47 heavy (non-hydrogen) atoms. The van der Waals surface area contributed by atoms with Gasteiger partial charge in [0.1, 0.15) is 11.5 Å². The van der Waals surface area contributed by atoms with Crippen LogP contribution >= 0.6 is 0 Å². The van der Waals surface area contributed by atoms with Crippen molar-refractivity contribution in [2.24, 2.45) is 0 Å². The molecule has 2 fully saturated rings. The molecular formula is C36H35N9OS. The van der Waals surface area contributed by atoms with Gasteiger partial charge in [-0.15, -0.1) is 0 Å². The molecule has 2 aliphatic rings. The minimum atomic E-state index is -0.758. The number of hydrogen-bond acceptors (Lipinski definition) is 9. The van der Waals surface area contributed by atoms with Crippen LogP contribution in [0.3, 0.4) is 0 Å². The lowest BCUT2D eigenvalue weighted by molar-refractivity contribution is 0.202. The third-order valence-electron chi connectivity index (χ3n) is 9.11. The van der Waals surface area contributed by atoms with Gasteiger partial charge in [-0.2, -0.15) is 10.1 Å². The normalized spacial score (nSPS) is 16.6. The predicted molar refractivity (Wildman–Crippen MR) is 185 cm³/mol. The molecule has 0 aliphatic carbocycles. The number of benzene rings is 2. The number of nitrogens with one attached hydrogen (secondary N) is 1. The number of pyridine rings is 2. The Labute approximate surface area is 275 Å². The van der Waals surface area contributed by atoms with E-state index in [2.05, 4.69) is 84.6 Å². The molecule has 4 aromatic heterocycles. The molecule has 0 bridgehead atoms. The SMILES string of the molecule is O=S1CCN(c2ncc3cc(-c4ccccc4)c(-c4ccc(CN5CCC(c6nc(-c7ccccn7)n[nH]6)CC5)cc4)nc3n2)CC1. The molecule has 10 nitrogen and oxygen atoms in total. The first-order valence-corrected chi connectivity index (χ1v) is 17.6. The van der Waals surface area contributed by atoms with E-state index in [1.165, 1.54) is 5.56 Å². The van der Waals surface area contributed by atoms with Gasteiger partial charge in [-0.1, -0.05) is 60.7 Å². The number of likely N-dealkylation sites (tertiary alicyclic amines) is 1. The maximum absolute atomic E-state index is 11.9. The smallest absolute Gasteiger partial charge is 0.227 e. The van der Waals surface area contributed by atoms with Gasteiger partial charge in [-0.25, -0.2) is 15.0 Å². The molecule has 0 atom stereocenters. The maximum atomic E-state index is 11.9. The zero-order valence-corrected chi connectivity index (χ0v) is 26.8. The zero-order chi connectivity index (χ0) is 31.6. The van der Waals surface area contributed by atoms with E-state index in [-0.39, 0.29) is 0 Å². The van der Waals surface area contributed by atoms with Gasteiger partial charge in [0.15, 0.2) is 11.5 Å². The van der Waals surface area contributed by atoms with E-state index >= 15 is 0 Å². The second-order valence-corrected chi connectivity index (χ2v) is 13.9. The molecule has 0 radical (unpaired) electrons. The summed E-state index contributed by atoms with van der Waals surface area (Å²) >= 11 is 0. The summed E-state index contributed by atoms with van der Waals surface area (Å²) in [5.74, 6) is 3.93. The zero-order valence-electron chi connectivity index (χ0n) is 26.0. The second kappa shape index (κ2) is 13.1. The minimum absolute atomic E-state index is 0.372. The van der Waals surface area contributed by atoms with Crippen LogP contribution in [-0.2, 0) is 17.3 Å². The highest BCUT2D eigenvalue weighted by Crippen LogP contribution is 2.34. The number of H-pyrrole nitrogens is 1. The van der Waals surface area contributed by atoms with Gasteiger partial charge in [0.25, 0.3) is 0 Å². The highest BCUT2D eigenvalue weighted by atomic mass is 32.2. The van der Waals surface area contributed by atoms with Gasteiger partial charge in [0.2, 0.25) is 5.95 Å². The predicted octanol–water partition coefficient (Wildman–Crippen LogP) is 5.49. The molecule has 0 unspecified atom stereocenters. The van der Waals surface area contributed by atoms with E-state index in [4.69, 9.17) is 15.0 Å². The molecule has 2 saturated heterocycles. The van der Waals surface area contributed by atoms with Crippen molar-refractivity contribution in [1.29, 1.82) is 0 Å². The first kappa shape index (κ1) is 29.5. The monoisotopic (exact) mass is 641 g/mol. The topological polar surface area (TPSA) is 117 Å². The van der Waals surface area contributed by atoms with E-state index in [1.807, 2.05) is 30.5 Å². The van der Waals surface area contributed by atoms with Crippen molar-refractivity contribution in [3.63, 3.8) is 0 Å². The van der Waals surface area contributed by atoms with Crippen LogP contribution in [0.5, 0.6) is 0 Å². The van der Waals surface area contributed by atoms with Gasteiger partial charge >= 0.3 is 0 Å². The average molecular weight is 642 g/mol. The molecule has 0 saturated carbocycles. The Morgan fingerprint density at radius 2 is 1.60 bits per heavy atom. The molecule has 236 valence electrons. The summed E-state index contributed by atoms with van der Waals surface area (Å²) in [6.45, 7) is 4.30. The maximum Gasteiger partial charge on any atom is 0.227 e. The summed E-state index contributed by atoms with van der Waals surface area (Å²) < 4.78 is 11.9. The molecule has 11 heteroatoms. The summed E-state index contributed by atoms with van der Waals surface area (Å²) in [5.41, 5.74) is 6.84. The molecule has 0 spiro atoms. The summed E-state index contributed by atoms with van der Waals surface area (Å²) in [5, 5.41) is 8.48. The van der Waals surface area contributed by atoms with Crippen molar-refractivity contribution in [2.45, 2.75) is 25.3 Å². The molecule has 6 heterocycles. The van der Waals surface area contributed by atoms with Gasteiger partial charge in [0, 0.05) is 76.8 Å². The van der Waals surface area contributed by atoms with E-state index in [1.54, 1.807) is 6.20 Å². The first-order chi connectivity index (χ1) is 23.2. The number of piperidine rings is 1. The van der Waals surface area contributed by atoms with Crippen LogP contribution in [0.15, 0.2) is 91.3 Å². The van der Waals surface area contributed by atoms with E-state index in [9.17, 15) is 4.21 Å². The van der Waals surface area contributed by atoms with Crippen molar-refractivity contribution in [3.8, 4) is 33.9 Å². The van der Waals surface area contributed by atoms with E-state index in [0.29, 0.717) is 47.9 Å². The van der Waals surface area contributed by atoms with Gasteiger partial charge in [-0.05, 0) is 55.3 Å². The molecule has 8 rings (SSSR count). The molecule has 1 N–H and O–H groups in total. The fraction of sp³-hybridized carbons (Fsp3) is 0.278. The van der Waals surface area contributed by atoms with Crippen LogP contribution in [0.1, 0.15) is 30.1 Å². The van der Waals surface area contributed by atoms with Crippen molar-refractivity contribution in [1.82, 2.24) is 40.0 Å². The van der Waals surface area contributed by atoms with E-state index in [0.717, 1.165) is 71.8 Å². The average Bonchev–Trinajstić information content (AvgIpc) is 3.63. The molecule has 0 amide bonds. The lowest BCUT2D eigenvalue weighted by Crippen LogP contribution is -2.38. The number of aromatic nitrogens is 7. The third-order valence-corrected chi connectivity index (χ3v) is 10.4. The van der Waals surface area contributed by atoms with Crippen LogP contribution in [0.25, 0.3) is 44.9 Å². The Hall–Kier alpha value is -4.87. The molecule has 2 aliphatic heterocycles. The van der Waals surface area contributed by atoms with Gasteiger partial charge in [-0.3, -0.25) is 19.2 Å². The van der Waals surface area contributed by atoms with E-state index < -0.39 is 10.8 Å². The third kappa shape index (κ3) is 6.41. The van der Waals surface area contributed by atoms with Crippen LogP contribution in [0.2, 0.25) is 0 Å². The Bertz CT molecular complexity index is 2000. The van der Waals surface area contributed by atoms with Gasteiger partial charge in [0.05, 0.1) is 5.69 Å². The van der Waals surface area contributed by atoms with Crippen LogP contribution in [0, 0.1) is 0 Å². The van der Waals surface area contributed by atoms with Crippen molar-refractivity contribution in [3.05, 3.63) is 103 Å². The van der Waals surface area contributed by atoms with Gasteiger partial charge < -0.3 is 4.90 Å². The Kier molecular flexibility index (Phi) is 8.22. The number of fused-ring (bicyclic) bond motifs is 1. The summed E-state index contributed by atoms with van der Waals surface area (Å²) in [6.07, 6.45) is 5.70. The number of aromatic amines is 1. The van der Waals surface area contributed by atoms with Crippen LogP contribution in [-0.4, -0.2) is 81.9 Å². The summed E-state index contributed by atoms with van der Waals surface area (Å²) in [4.78, 5) is 28.4. The molecule has 2 aromatic carbocycles. The largest absolute Gasteiger partial charge is 0.339 e. The standard InChI is InChI=1S/C36H35N9OS/c46-47-20-18-45(19-21-47)36-38-23-29-22-30(26-6-2-1-3-7-26)32(39-33(29)41-36)27-11-9-25(10-12-27)24-44-16-13-28(14-17-44)34-40-35(43-42-34)31-8-4-5-15-37-31/h1-12,15,22-23,28H,13-14,16-21,24H2,(H,40,42,43). The van der Waals surface area contributed by atoms with Crippen molar-refractivity contribution in [2.75, 3.05) is 42.6 Å². The summed E-state index contributed by atoms with van der Waals surface area (Å²) in [6, 6.07) is 27.1. The fourth-order valence-corrected chi connectivity index (χ4v) is 7.51. The number of nitrogens with zero attached hydrogens (tertiary/aromatic N) is 8. The highest BCUT2D eigenvalue weighted by molar-refractivity contribution is 7.85. The second-order valence-electron chi connectivity index (χ2n) is 12.2. The lowest BCUT2D eigenvalue weighted by atomic mass is 9.95. The van der Waals surface area contributed by atoms with Crippen molar-refractivity contribution >= 4 is 27.8 Å². The quantitative estimate of drug-likeness (QED) is 0.242. The van der Waals surface area contributed by atoms with Crippen LogP contribution < -0.4 is 4.90 Å². The number of anilines is 1. The highest BCUT2D eigenvalue weighted by Gasteiger charge is 2.24. The number of rotatable bonds is 7. The molecular weight excluding hydrogens is 607 g/mol. The summed E-state index contributed by atoms with van der Waals surface area (Å²) in [7, 11) is -0.758. The lowest BCUT2D eigenvalue weighted by Gasteiger charge is -2.31. The molecule has 6 aromatic rings.